The van der Waals surface area contributed by atoms with E-state index in [1.54, 1.807) is 13.0 Å². The lowest BCUT2D eigenvalue weighted by Gasteiger charge is -2.32. The zero-order chi connectivity index (χ0) is 15.0. The molecule has 0 bridgehead atoms. The number of likely N-dealkylation sites (tertiary alicyclic amines) is 1. The molecule has 0 radical (unpaired) electrons. The third-order valence-electron chi connectivity index (χ3n) is 4.80. The molecule has 1 saturated heterocycles. The first kappa shape index (κ1) is 14.3. The van der Waals surface area contributed by atoms with Crippen LogP contribution in [0.25, 0.3) is 0 Å². The highest BCUT2D eigenvalue weighted by molar-refractivity contribution is 5.80. The van der Waals surface area contributed by atoms with E-state index in [4.69, 9.17) is 0 Å². The van der Waals surface area contributed by atoms with E-state index < -0.39 is 6.04 Å². The van der Waals surface area contributed by atoms with E-state index in [-0.39, 0.29) is 11.5 Å². The van der Waals surface area contributed by atoms with Gasteiger partial charge in [0.05, 0.1) is 5.69 Å². The van der Waals surface area contributed by atoms with Crippen molar-refractivity contribution in [1.29, 1.82) is 0 Å². The highest BCUT2D eigenvalue weighted by Gasteiger charge is 2.27. The van der Waals surface area contributed by atoms with Gasteiger partial charge in [-0.1, -0.05) is 6.92 Å². The van der Waals surface area contributed by atoms with Gasteiger partial charge in [-0.2, -0.15) is 5.10 Å². The molecule has 1 aliphatic carbocycles. The van der Waals surface area contributed by atoms with Gasteiger partial charge >= 0.3 is 0 Å². The van der Waals surface area contributed by atoms with E-state index in [0.29, 0.717) is 5.92 Å². The second-order valence-electron chi connectivity index (χ2n) is 6.44. The van der Waals surface area contributed by atoms with Crippen LogP contribution in [-0.2, 0) is 17.6 Å². The second-order valence-corrected chi connectivity index (χ2v) is 6.44. The van der Waals surface area contributed by atoms with Gasteiger partial charge in [-0.25, -0.2) is 4.68 Å². The molecule has 2 heterocycles. The largest absolute Gasteiger partial charge is 0.341 e. The van der Waals surface area contributed by atoms with Crippen LogP contribution in [0.3, 0.4) is 0 Å². The molecule has 1 aromatic heterocycles. The van der Waals surface area contributed by atoms with E-state index in [2.05, 4.69) is 12.0 Å². The zero-order valence-corrected chi connectivity index (χ0v) is 12.8. The first-order chi connectivity index (χ1) is 10.1. The van der Waals surface area contributed by atoms with Crippen LogP contribution >= 0.6 is 0 Å². The number of aromatic nitrogens is 2. The van der Waals surface area contributed by atoms with Crippen LogP contribution in [-0.4, -0.2) is 33.7 Å². The number of fused-ring (bicyclic) bond motifs is 1. The Hall–Kier alpha value is -1.65. The summed E-state index contributed by atoms with van der Waals surface area (Å²) in [5.74, 6) is 0.708. The van der Waals surface area contributed by atoms with Crippen LogP contribution in [0.1, 0.15) is 50.4 Å². The number of piperidine rings is 1. The number of carbonyl (C=O) groups excluding carboxylic acids is 1. The fraction of sp³-hybridized carbons (Fsp3) is 0.688. The van der Waals surface area contributed by atoms with Gasteiger partial charge in [0, 0.05) is 19.2 Å². The van der Waals surface area contributed by atoms with Gasteiger partial charge in [0.15, 0.2) is 0 Å². The van der Waals surface area contributed by atoms with Crippen molar-refractivity contribution in [3.05, 3.63) is 27.7 Å². The molecule has 1 aromatic rings. The lowest BCUT2D eigenvalue weighted by molar-refractivity contribution is -0.136. The number of nitrogens with zero attached hydrogens (tertiary/aromatic N) is 3. The molecule has 21 heavy (non-hydrogen) atoms. The molecule has 0 saturated carbocycles. The Morgan fingerprint density at radius 3 is 2.76 bits per heavy atom. The Morgan fingerprint density at radius 1 is 1.33 bits per heavy atom. The molecule has 2 aliphatic rings. The van der Waals surface area contributed by atoms with Crippen molar-refractivity contribution in [1.82, 2.24) is 14.7 Å². The minimum atomic E-state index is -0.503. The summed E-state index contributed by atoms with van der Waals surface area (Å²) in [6, 6.07) is 1.16. The molecule has 114 valence electrons. The smallest absolute Gasteiger partial charge is 0.267 e. The maximum Gasteiger partial charge on any atom is 0.267 e. The van der Waals surface area contributed by atoms with Crippen molar-refractivity contribution in [2.24, 2.45) is 5.92 Å². The number of amides is 1. The Bertz CT molecular complexity index is 600. The van der Waals surface area contributed by atoms with Crippen LogP contribution in [0.5, 0.6) is 0 Å². The Labute approximate surface area is 124 Å². The minimum absolute atomic E-state index is 0.0226. The van der Waals surface area contributed by atoms with E-state index in [0.717, 1.165) is 56.5 Å². The predicted octanol–water partition coefficient (Wildman–Crippen LogP) is 1.55. The lowest BCUT2D eigenvalue weighted by Crippen LogP contribution is -2.43. The van der Waals surface area contributed by atoms with Crippen molar-refractivity contribution in [3.8, 4) is 0 Å². The highest BCUT2D eigenvalue weighted by Crippen LogP contribution is 2.20. The third-order valence-corrected chi connectivity index (χ3v) is 4.80. The van der Waals surface area contributed by atoms with Gasteiger partial charge in [0.2, 0.25) is 5.91 Å². The summed E-state index contributed by atoms with van der Waals surface area (Å²) < 4.78 is 1.38. The molecule has 1 aliphatic heterocycles. The number of aryl methyl sites for hydroxylation is 2. The fourth-order valence-electron chi connectivity index (χ4n) is 3.29. The first-order valence-corrected chi connectivity index (χ1v) is 7.96. The summed E-state index contributed by atoms with van der Waals surface area (Å²) in [6.45, 7) is 5.60. The molecular formula is C16H23N3O2. The predicted molar refractivity (Wildman–Crippen MR) is 80.2 cm³/mol. The number of rotatable bonds is 2. The van der Waals surface area contributed by atoms with Gasteiger partial charge in [-0.15, -0.1) is 0 Å². The normalized spacial score (nSPS) is 20.4. The quantitative estimate of drug-likeness (QED) is 0.830. The van der Waals surface area contributed by atoms with Gasteiger partial charge in [0.1, 0.15) is 6.04 Å². The summed E-state index contributed by atoms with van der Waals surface area (Å²) in [6.07, 6.45) is 5.00. The molecule has 1 fully saturated rings. The van der Waals surface area contributed by atoms with Gasteiger partial charge in [-0.05, 0) is 50.5 Å². The first-order valence-electron chi connectivity index (χ1n) is 7.96. The molecule has 3 rings (SSSR count). The Morgan fingerprint density at radius 2 is 2.05 bits per heavy atom. The molecule has 5 heteroatoms. The van der Waals surface area contributed by atoms with Crippen LogP contribution in [0.4, 0.5) is 0 Å². The number of hydrogen-bond donors (Lipinski definition) is 0. The summed E-state index contributed by atoms with van der Waals surface area (Å²) in [5, 5.41) is 4.44. The van der Waals surface area contributed by atoms with E-state index in [1.165, 1.54) is 4.68 Å². The molecule has 0 aromatic carbocycles. The maximum atomic E-state index is 12.6. The summed E-state index contributed by atoms with van der Waals surface area (Å²) >= 11 is 0. The van der Waals surface area contributed by atoms with Gasteiger partial charge in [-0.3, -0.25) is 9.59 Å². The fourth-order valence-corrected chi connectivity index (χ4v) is 3.29. The number of hydrogen-bond acceptors (Lipinski definition) is 3. The van der Waals surface area contributed by atoms with E-state index in [1.807, 2.05) is 4.90 Å². The summed E-state index contributed by atoms with van der Waals surface area (Å²) in [5.41, 5.74) is 1.89. The second kappa shape index (κ2) is 5.62. The molecule has 1 amide bonds. The number of carbonyl (C=O) groups is 1. The molecule has 5 nitrogen and oxygen atoms in total. The van der Waals surface area contributed by atoms with Crippen molar-refractivity contribution < 1.29 is 4.79 Å². The van der Waals surface area contributed by atoms with E-state index in [9.17, 15) is 9.59 Å². The van der Waals surface area contributed by atoms with Crippen LogP contribution in [0, 0.1) is 5.92 Å². The maximum absolute atomic E-state index is 12.6. The zero-order valence-electron chi connectivity index (χ0n) is 12.8. The summed E-state index contributed by atoms with van der Waals surface area (Å²) in [4.78, 5) is 26.7. The Kier molecular flexibility index (Phi) is 3.83. The monoisotopic (exact) mass is 289 g/mol. The highest BCUT2D eigenvalue weighted by atomic mass is 16.2. The van der Waals surface area contributed by atoms with Gasteiger partial charge in [0.25, 0.3) is 5.56 Å². The molecule has 1 atom stereocenters. The molecule has 1 unspecified atom stereocenters. The average molecular weight is 289 g/mol. The molecular weight excluding hydrogens is 266 g/mol. The summed E-state index contributed by atoms with van der Waals surface area (Å²) in [7, 11) is 0. The standard InChI is InChI=1S/C16H23N3O2/c1-11-6-8-18(9-7-11)16(21)12(2)19-15(20)10-13-4-3-5-14(13)17-19/h10-12H,3-9H2,1-2H3. The molecule has 0 spiro atoms. The van der Waals surface area contributed by atoms with Crippen molar-refractivity contribution >= 4 is 5.91 Å². The topological polar surface area (TPSA) is 55.2 Å². The van der Waals surface area contributed by atoms with E-state index >= 15 is 0 Å². The lowest BCUT2D eigenvalue weighted by atomic mass is 9.99. The van der Waals surface area contributed by atoms with Crippen LogP contribution in [0.2, 0.25) is 0 Å². The Balaban J connectivity index is 1.80. The van der Waals surface area contributed by atoms with Crippen molar-refractivity contribution in [2.75, 3.05) is 13.1 Å². The van der Waals surface area contributed by atoms with Crippen LogP contribution in [0.15, 0.2) is 10.9 Å². The van der Waals surface area contributed by atoms with Gasteiger partial charge < -0.3 is 4.90 Å². The third kappa shape index (κ3) is 2.74. The average Bonchev–Trinajstić information content (AvgIpc) is 2.93. The molecule has 0 N–H and O–H groups in total. The van der Waals surface area contributed by atoms with Crippen molar-refractivity contribution in [2.45, 2.75) is 52.0 Å². The van der Waals surface area contributed by atoms with Crippen molar-refractivity contribution in [3.63, 3.8) is 0 Å². The SMILES string of the molecule is CC1CCN(C(=O)C(C)n2nc3c(cc2=O)CCC3)CC1. The van der Waals surface area contributed by atoms with Crippen LogP contribution < -0.4 is 5.56 Å². The minimum Gasteiger partial charge on any atom is -0.341 e.